The molecule has 158 valence electrons. The molecule has 10 heteroatoms. The summed E-state index contributed by atoms with van der Waals surface area (Å²) in [4.78, 5) is 27.9. The number of esters is 1. The van der Waals surface area contributed by atoms with Crippen molar-refractivity contribution in [2.24, 2.45) is 5.92 Å². The first-order chi connectivity index (χ1) is 15.0. The maximum Gasteiger partial charge on any atom is 0.302 e. The van der Waals surface area contributed by atoms with E-state index in [1.807, 2.05) is 18.2 Å². The maximum absolute atomic E-state index is 15.1. The number of carbonyl (C=O) groups is 2. The number of pyridine rings is 2. The van der Waals surface area contributed by atoms with Crippen LogP contribution in [0.2, 0.25) is 0 Å². The number of carbonyl (C=O) groups excluding carboxylic acids is 2. The summed E-state index contributed by atoms with van der Waals surface area (Å²) in [5.41, 5.74) is 1.75. The van der Waals surface area contributed by atoms with E-state index in [2.05, 4.69) is 20.5 Å². The van der Waals surface area contributed by atoms with Crippen LogP contribution in [0.25, 0.3) is 27.8 Å². The Kier molecular flexibility index (Phi) is 4.61. The van der Waals surface area contributed by atoms with Crippen molar-refractivity contribution in [3.05, 3.63) is 42.5 Å². The molecule has 4 aromatic heterocycles. The molecule has 5 rings (SSSR count). The van der Waals surface area contributed by atoms with Crippen molar-refractivity contribution in [3.63, 3.8) is 0 Å². The van der Waals surface area contributed by atoms with Crippen molar-refractivity contribution in [3.8, 4) is 11.3 Å². The van der Waals surface area contributed by atoms with E-state index in [0.717, 1.165) is 12.8 Å². The number of fused-ring (bicyclic) bond motifs is 2. The average Bonchev–Trinajstić information content (AvgIpc) is 3.44. The lowest BCUT2D eigenvalue weighted by atomic mass is 10.1. The summed E-state index contributed by atoms with van der Waals surface area (Å²) >= 11 is 0. The Labute approximate surface area is 175 Å². The van der Waals surface area contributed by atoms with Crippen LogP contribution >= 0.6 is 0 Å². The highest BCUT2D eigenvalue weighted by molar-refractivity contribution is 6.01. The van der Waals surface area contributed by atoms with Crippen LogP contribution in [-0.4, -0.2) is 42.9 Å². The van der Waals surface area contributed by atoms with Gasteiger partial charge in [0.1, 0.15) is 12.3 Å². The number of ether oxygens (including phenoxy) is 1. The second kappa shape index (κ2) is 7.46. The molecule has 0 bridgehead atoms. The number of halogens is 1. The number of aromatic nitrogens is 5. The zero-order valence-electron chi connectivity index (χ0n) is 16.7. The molecule has 0 spiro atoms. The van der Waals surface area contributed by atoms with E-state index in [-0.39, 0.29) is 36.5 Å². The second-order valence-electron chi connectivity index (χ2n) is 7.45. The third kappa shape index (κ3) is 3.60. The number of rotatable bonds is 6. The third-order valence-corrected chi connectivity index (χ3v) is 5.16. The van der Waals surface area contributed by atoms with Gasteiger partial charge in [0.25, 0.3) is 0 Å². The first-order valence-corrected chi connectivity index (χ1v) is 9.95. The van der Waals surface area contributed by atoms with Crippen LogP contribution in [0, 0.1) is 11.7 Å². The van der Waals surface area contributed by atoms with Gasteiger partial charge in [-0.15, -0.1) is 0 Å². The molecule has 1 fully saturated rings. The fraction of sp³-hybridized carbons (Fsp3) is 0.286. The van der Waals surface area contributed by atoms with Gasteiger partial charge in [0.2, 0.25) is 5.91 Å². The normalized spacial score (nSPS) is 13.6. The minimum atomic E-state index is -0.548. The first-order valence-electron chi connectivity index (χ1n) is 9.95. The number of hydrogen-bond donors (Lipinski definition) is 1. The molecular weight excluding hydrogens is 403 g/mol. The summed E-state index contributed by atoms with van der Waals surface area (Å²) in [6.07, 6.45) is 5.00. The highest BCUT2D eigenvalue weighted by atomic mass is 19.1. The largest absolute Gasteiger partial charge is 0.464 e. The quantitative estimate of drug-likeness (QED) is 0.479. The Morgan fingerprint density at radius 1 is 1.32 bits per heavy atom. The standard InChI is InChI=1S/C21H19FN6O3/c1-12(29)31-9-8-28-20-14(19(26-28)25-21(30)13-5-6-13)10-16(22)18(24-20)15-11-23-27-7-3-2-4-17(15)27/h2-4,7,10-11,13H,5-6,8-9H2,1H3,(H,25,26,30). The van der Waals surface area contributed by atoms with Gasteiger partial charge in [-0.05, 0) is 31.0 Å². The van der Waals surface area contributed by atoms with Crippen molar-refractivity contribution >= 4 is 34.2 Å². The van der Waals surface area contributed by atoms with Crippen molar-refractivity contribution in [2.45, 2.75) is 26.3 Å². The molecule has 0 unspecified atom stereocenters. The Morgan fingerprint density at radius 3 is 2.94 bits per heavy atom. The van der Waals surface area contributed by atoms with Crippen LogP contribution in [0.3, 0.4) is 0 Å². The molecular formula is C21H19FN6O3. The van der Waals surface area contributed by atoms with E-state index < -0.39 is 11.8 Å². The number of nitrogens with one attached hydrogen (secondary N) is 1. The number of amides is 1. The van der Waals surface area contributed by atoms with Crippen LogP contribution in [0.1, 0.15) is 19.8 Å². The Hall–Kier alpha value is -3.82. The molecule has 0 aliphatic heterocycles. The van der Waals surface area contributed by atoms with Gasteiger partial charge in [-0.2, -0.15) is 10.2 Å². The molecule has 4 heterocycles. The van der Waals surface area contributed by atoms with Crippen molar-refractivity contribution in [2.75, 3.05) is 11.9 Å². The van der Waals surface area contributed by atoms with E-state index >= 15 is 4.39 Å². The molecule has 9 nitrogen and oxygen atoms in total. The molecule has 31 heavy (non-hydrogen) atoms. The predicted molar refractivity (Wildman–Crippen MR) is 110 cm³/mol. The molecule has 4 aromatic rings. The van der Waals surface area contributed by atoms with Gasteiger partial charge in [0.05, 0.1) is 23.6 Å². The Bertz CT molecular complexity index is 1320. The van der Waals surface area contributed by atoms with Crippen LogP contribution in [0.15, 0.2) is 36.7 Å². The molecule has 1 aliphatic rings. The van der Waals surface area contributed by atoms with E-state index in [4.69, 9.17) is 4.74 Å². The molecule has 0 radical (unpaired) electrons. The summed E-state index contributed by atoms with van der Waals surface area (Å²) in [6, 6.07) is 6.82. The first kappa shape index (κ1) is 19.2. The summed E-state index contributed by atoms with van der Waals surface area (Å²) in [5, 5.41) is 11.8. The average molecular weight is 422 g/mol. The third-order valence-electron chi connectivity index (χ3n) is 5.16. The SMILES string of the molecule is CC(=O)OCCn1nc(NC(=O)C2CC2)c2cc(F)c(-c3cnn4ccccc34)nc21. The van der Waals surface area contributed by atoms with Gasteiger partial charge in [-0.3, -0.25) is 9.59 Å². The lowest BCUT2D eigenvalue weighted by Gasteiger charge is -2.05. The highest BCUT2D eigenvalue weighted by Gasteiger charge is 2.31. The summed E-state index contributed by atoms with van der Waals surface area (Å²) in [6.45, 7) is 1.61. The van der Waals surface area contributed by atoms with Gasteiger partial charge in [0, 0.05) is 24.6 Å². The van der Waals surface area contributed by atoms with Gasteiger partial charge in [-0.1, -0.05) is 6.07 Å². The van der Waals surface area contributed by atoms with E-state index in [1.165, 1.54) is 17.7 Å². The number of anilines is 1. The topological polar surface area (TPSA) is 103 Å². The predicted octanol–water partition coefficient (Wildman–Crippen LogP) is 2.80. The zero-order valence-corrected chi connectivity index (χ0v) is 16.7. The van der Waals surface area contributed by atoms with Crippen molar-refractivity contribution in [1.29, 1.82) is 0 Å². The summed E-state index contributed by atoms with van der Waals surface area (Å²) in [7, 11) is 0. The molecule has 1 saturated carbocycles. The van der Waals surface area contributed by atoms with E-state index in [0.29, 0.717) is 22.1 Å². The minimum absolute atomic E-state index is 0.0305. The lowest BCUT2D eigenvalue weighted by molar-refractivity contribution is -0.141. The van der Waals surface area contributed by atoms with Crippen LogP contribution in [0.5, 0.6) is 0 Å². The van der Waals surface area contributed by atoms with Gasteiger partial charge >= 0.3 is 5.97 Å². The highest BCUT2D eigenvalue weighted by Crippen LogP contribution is 2.33. The molecule has 1 amide bonds. The second-order valence-corrected chi connectivity index (χ2v) is 7.45. The van der Waals surface area contributed by atoms with Crippen LogP contribution < -0.4 is 5.32 Å². The van der Waals surface area contributed by atoms with E-state index in [9.17, 15) is 9.59 Å². The van der Waals surface area contributed by atoms with Crippen LogP contribution in [-0.2, 0) is 20.9 Å². The van der Waals surface area contributed by atoms with Gasteiger partial charge < -0.3 is 10.1 Å². The zero-order chi connectivity index (χ0) is 21.5. The Morgan fingerprint density at radius 2 is 2.16 bits per heavy atom. The van der Waals surface area contributed by atoms with Crippen molar-refractivity contribution in [1.82, 2.24) is 24.4 Å². The number of hydrogen-bond acceptors (Lipinski definition) is 6. The van der Waals surface area contributed by atoms with Gasteiger partial charge in [0.15, 0.2) is 17.3 Å². The fourth-order valence-corrected chi connectivity index (χ4v) is 3.47. The fourth-order valence-electron chi connectivity index (χ4n) is 3.47. The van der Waals surface area contributed by atoms with Gasteiger partial charge in [-0.25, -0.2) is 18.6 Å². The smallest absolute Gasteiger partial charge is 0.302 e. The van der Waals surface area contributed by atoms with Crippen molar-refractivity contribution < 1.29 is 18.7 Å². The number of nitrogens with zero attached hydrogens (tertiary/aromatic N) is 5. The summed E-state index contributed by atoms with van der Waals surface area (Å²) in [5.74, 6) is -0.888. The lowest BCUT2D eigenvalue weighted by Crippen LogP contribution is -2.15. The maximum atomic E-state index is 15.1. The summed E-state index contributed by atoms with van der Waals surface area (Å²) < 4.78 is 23.3. The molecule has 0 aromatic carbocycles. The molecule has 0 saturated heterocycles. The van der Waals surface area contributed by atoms with E-state index in [1.54, 1.807) is 16.9 Å². The van der Waals surface area contributed by atoms with Crippen LogP contribution in [0.4, 0.5) is 10.2 Å². The molecule has 1 aliphatic carbocycles. The Balaban J connectivity index is 1.60. The monoisotopic (exact) mass is 422 g/mol. The molecule has 0 atom stereocenters. The molecule has 1 N–H and O–H groups in total. The minimum Gasteiger partial charge on any atom is -0.464 e.